The van der Waals surface area contributed by atoms with Crippen LogP contribution in [0.15, 0.2) is 48.5 Å². The van der Waals surface area contributed by atoms with Gasteiger partial charge in [0.25, 0.3) is 11.8 Å². The Bertz CT molecular complexity index is 1050. The zero-order valence-corrected chi connectivity index (χ0v) is 19.9. The number of phenols is 1. The maximum Gasteiger partial charge on any atom is 0.254 e. The first-order valence-corrected chi connectivity index (χ1v) is 11.8. The van der Waals surface area contributed by atoms with Gasteiger partial charge in [-0.1, -0.05) is 43.3 Å². The molecule has 0 spiro atoms. The van der Waals surface area contributed by atoms with Crippen LogP contribution in [0.25, 0.3) is 0 Å². The van der Waals surface area contributed by atoms with Crippen molar-refractivity contribution in [2.45, 2.75) is 57.5 Å². The summed E-state index contributed by atoms with van der Waals surface area (Å²) in [5, 5.41) is 26.4. The van der Waals surface area contributed by atoms with Crippen molar-refractivity contribution >= 4 is 17.7 Å². The van der Waals surface area contributed by atoms with Gasteiger partial charge < -0.3 is 25.7 Å². The van der Waals surface area contributed by atoms with Gasteiger partial charge in [0.05, 0.1) is 12.6 Å². The molecule has 8 nitrogen and oxygen atoms in total. The molecule has 2 aromatic rings. The van der Waals surface area contributed by atoms with Crippen LogP contribution in [0.2, 0.25) is 0 Å². The molecular formula is C26H32FN3O5. The molecule has 4 N–H and O–H groups in total. The number of likely N-dealkylation sites (tertiary alicyclic amines) is 1. The van der Waals surface area contributed by atoms with E-state index in [1.54, 1.807) is 31.2 Å². The number of aromatic hydroxyl groups is 1. The molecule has 4 atom stereocenters. The first-order valence-electron chi connectivity index (χ1n) is 11.8. The predicted octanol–water partition coefficient (Wildman–Crippen LogP) is 1.87. The van der Waals surface area contributed by atoms with Gasteiger partial charge in [-0.25, -0.2) is 4.39 Å². The van der Waals surface area contributed by atoms with E-state index in [-0.39, 0.29) is 30.7 Å². The number of carbonyl (C=O) groups is 3. The number of hydrogen-bond donors (Lipinski definition) is 4. The number of rotatable bonds is 9. The Morgan fingerprint density at radius 1 is 1.14 bits per heavy atom. The Labute approximate surface area is 204 Å². The lowest BCUT2D eigenvalue weighted by atomic mass is 9.98. The van der Waals surface area contributed by atoms with E-state index in [2.05, 4.69) is 10.6 Å². The number of amides is 3. The molecule has 1 saturated heterocycles. The second kappa shape index (κ2) is 11.8. The van der Waals surface area contributed by atoms with E-state index >= 15 is 0 Å². The average molecular weight is 486 g/mol. The molecule has 1 aliphatic rings. The zero-order chi connectivity index (χ0) is 25.5. The second-order valence-electron chi connectivity index (χ2n) is 8.79. The van der Waals surface area contributed by atoms with Crippen molar-refractivity contribution in [3.05, 3.63) is 65.2 Å². The van der Waals surface area contributed by atoms with Crippen LogP contribution in [0, 0.1) is 6.92 Å². The van der Waals surface area contributed by atoms with Crippen molar-refractivity contribution < 1.29 is 29.0 Å². The first kappa shape index (κ1) is 26.2. The number of nitrogens with zero attached hydrogens (tertiary/aromatic N) is 1. The number of aliphatic hydroxyl groups excluding tert-OH is 1. The van der Waals surface area contributed by atoms with Gasteiger partial charge in [-0.15, -0.1) is 0 Å². The van der Waals surface area contributed by atoms with Crippen molar-refractivity contribution in [3.63, 3.8) is 0 Å². The van der Waals surface area contributed by atoms with Crippen LogP contribution in [0.5, 0.6) is 5.75 Å². The molecular weight excluding hydrogens is 453 g/mol. The van der Waals surface area contributed by atoms with Gasteiger partial charge in [-0.3, -0.25) is 14.4 Å². The molecule has 1 aliphatic heterocycles. The van der Waals surface area contributed by atoms with Crippen LogP contribution in [0.1, 0.15) is 41.3 Å². The number of phenolic OH excluding ortho intramolecular Hbond substituents is 1. The smallest absolute Gasteiger partial charge is 0.254 e. The Morgan fingerprint density at radius 3 is 2.54 bits per heavy atom. The predicted molar refractivity (Wildman–Crippen MR) is 129 cm³/mol. The molecule has 1 heterocycles. The normalized spacial score (nSPS) is 19.1. The highest BCUT2D eigenvalue weighted by molar-refractivity contribution is 5.97. The van der Waals surface area contributed by atoms with Crippen LogP contribution in [-0.4, -0.2) is 70.3 Å². The molecule has 0 bridgehead atoms. The maximum atomic E-state index is 14.2. The fraction of sp³-hybridized carbons (Fsp3) is 0.423. The zero-order valence-electron chi connectivity index (χ0n) is 19.9. The third-order valence-corrected chi connectivity index (χ3v) is 6.18. The summed E-state index contributed by atoms with van der Waals surface area (Å²) in [5.74, 6) is -1.92. The molecule has 9 heteroatoms. The second-order valence-corrected chi connectivity index (χ2v) is 8.79. The number of benzene rings is 2. The summed E-state index contributed by atoms with van der Waals surface area (Å²) in [6.45, 7) is 3.55. The molecule has 0 radical (unpaired) electrons. The van der Waals surface area contributed by atoms with Crippen LogP contribution >= 0.6 is 0 Å². The van der Waals surface area contributed by atoms with E-state index in [9.17, 15) is 29.0 Å². The van der Waals surface area contributed by atoms with Crippen molar-refractivity contribution in [1.82, 2.24) is 15.5 Å². The molecule has 3 rings (SSSR count). The number of alkyl halides is 1. The standard InChI is InChI=1S/C26H32FN3O5/c1-3-12-28-25(34)21-14-18(27)15-30(21)26(35)23(32)20(13-17-8-5-4-6-9-17)29-24(33)19-10-7-11-22(31)16(19)2/h4-11,18,20-21,23,31-32H,3,12-15H2,1-2H3,(H,28,34)(H,29,33). The van der Waals surface area contributed by atoms with Crippen LogP contribution in [-0.2, 0) is 16.0 Å². The Kier molecular flexibility index (Phi) is 8.81. The summed E-state index contributed by atoms with van der Waals surface area (Å²) in [7, 11) is 0. The van der Waals surface area contributed by atoms with E-state index in [1.165, 1.54) is 18.2 Å². The van der Waals surface area contributed by atoms with E-state index in [4.69, 9.17) is 0 Å². The molecule has 35 heavy (non-hydrogen) atoms. The lowest BCUT2D eigenvalue weighted by Gasteiger charge is -2.30. The van der Waals surface area contributed by atoms with Crippen molar-refractivity contribution in [2.24, 2.45) is 0 Å². The maximum absolute atomic E-state index is 14.2. The van der Waals surface area contributed by atoms with Crippen molar-refractivity contribution in [1.29, 1.82) is 0 Å². The Hall–Kier alpha value is -3.46. The van der Waals surface area contributed by atoms with Crippen molar-refractivity contribution in [2.75, 3.05) is 13.1 Å². The number of nitrogens with one attached hydrogen (secondary N) is 2. The van der Waals surface area contributed by atoms with Crippen LogP contribution in [0.4, 0.5) is 4.39 Å². The van der Waals surface area contributed by atoms with Gasteiger partial charge in [0.2, 0.25) is 5.91 Å². The minimum Gasteiger partial charge on any atom is -0.508 e. The van der Waals surface area contributed by atoms with Crippen LogP contribution in [0.3, 0.4) is 0 Å². The minimum absolute atomic E-state index is 0.0547. The highest BCUT2D eigenvalue weighted by Crippen LogP contribution is 2.24. The first-order chi connectivity index (χ1) is 16.7. The topological polar surface area (TPSA) is 119 Å². The third-order valence-electron chi connectivity index (χ3n) is 6.18. The summed E-state index contributed by atoms with van der Waals surface area (Å²) < 4.78 is 14.2. The van der Waals surface area contributed by atoms with Gasteiger partial charge in [0.1, 0.15) is 18.0 Å². The van der Waals surface area contributed by atoms with E-state index in [1.807, 2.05) is 13.0 Å². The molecule has 0 aromatic heterocycles. The third kappa shape index (κ3) is 6.36. The van der Waals surface area contributed by atoms with E-state index in [0.717, 1.165) is 10.5 Å². The number of hydrogen-bond acceptors (Lipinski definition) is 5. The molecule has 188 valence electrons. The SMILES string of the molecule is CCCNC(=O)C1CC(F)CN1C(=O)C(O)C(Cc1ccccc1)NC(=O)c1cccc(O)c1C. The Morgan fingerprint density at radius 2 is 1.86 bits per heavy atom. The highest BCUT2D eigenvalue weighted by Gasteiger charge is 2.43. The minimum atomic E-state index is -1.72. The summed E-state index contributed by atoms with van der Waals surface area (Å²) >= 11 is 0. The van der Waals surface area contributed by atoms with Crippen LogP contribution < -0.4 is 10.6 Å². The lowest BCUT2D eigenvalue weighted by Crippen LogP contribution is -2.55. The number of aliphatic hydroxyl groups is 1. The number of halogens is 1. The summed E-state index contributed by atoms with van der Waals surface area (Å²) in [6.07, 6.45) is -2.44. The molecule has 0 aliphatic carbocycles. The van der Waals surface area contributed by atoms with Gasteiger partial charge in [0, 0.05) is 24.1 Å². The Balaban J connectivity index is 1.84. The molecule has 1 fully saturated rings. The number of carbonyl (C=O) groups excluding carboxylic acids is 3. The average Bonchev–Trinajstić information content (AvgIpc) is 3.25. The fourth-order valence-electron chi connectivity index (χ4n) is 4.21. The lowest BCUT2D eigenvalue weighted by molar-refractivity contribution is -0.146. The van der Waals surface area contributed by atoms with Gasteiger partial charge >= 0.3 is 0 Å². The summed E-state index contributed by atoms with van der Waals surface area (Å²) in [5.41, 5.74) is 1.32. The molecule has 3 amide bonds. The van der Waals surface area contributed by atoms with Gasteiger partial charge in [-0.05, 0) is 37.5 Å². The fourth-order valence-corrected chi connectivity index (χ4v) is 4.21. The summed E-state index contributed by atoms with van der Waals surface area (Å²) in [6, 6.07) is 11.4. The molecule has 4 unspecified atom stereocenters. The molecule has 2 aromatic carbocycles. The largest absolute Gasteiger partial charge is 0.508 e. The van der Waals surface area contributed by atoms with Gasteiger partial charge in [0.15, 0.2) is 6.10 Å². The quantitative estimate of drug-likeness (QED) is 0.432. The highest BCUT2D eigenvalue weighted by atomic mass is 19.1. The van der Waals surface area contributed by atoms with E-state index in [0.29, 0.717) is 18.5 Å². The molecule has 0 saturated carbocycles. The van der Waals surface area contributed by atoms with Gasteiger partial charge in [-0.2, -0.15) is 0 Å². The summed E-state index contributed by atoms with van der Waals surface area (Å²) in [4.78, 5) is 39.9. The van der Waals surface area contributed by atoms with Crippen molar-refractivity contribution in [3.8, 4) is 5.75 Å². The van der Waals surface area contributed by atoms with E-state index < -0.39 is 42.1 Å². The monoisotopic (exact) mass is 485 g/mol.